The molecule has 1 aliphatic rings. The smallest absolute Gasteiger partial charge is 0.243 e. The number of nitrogens with zero attached hydrogens (tertiary/aromatic N) is 2. The molecule has 1 aromatic carbocycles. The van der Waals surface area contributed by atoms with E-state index in [0.717, 1.165) is 11.0 Å². The summed E-state index contributed by atoms with van der Waals surface area (Å²) in [4.78, 5) is 16.4. The lowest BCUT2D eigenvalue weighted by Gasteiger charge is -2.32. The number of hydrogen-bond donors (Lipinski definition) is 2. The Kier molecular flexibility index (Phi) is 2.98. The molecule has 19 heavy (non-hydrogen) atoms. The fourth-order valence-electron chi connectivity index (χ4n) is 2.44. The minimum atomic E-state index is -0.301. The number of aliphatic hydroxyl groups is 1. The zero-order valence-corrected chi connectivity index (χ0v) is 10.8. The van der Waals surface area contributed by atoms with Crippen LogP contribution in [0.4, 0.5) is 0 Å². The topological polar surface area (TPSA) is 67.2 Å². The van der Waals surface area contributed by atoms with E-state index in [1.54, 1.807) is 6.33 Å². The Morgan fingerprint density at radius 1 is 1.47 bits per heavy atom. The first-order valence-corrected chi connectivity index (χ1v) is 6.55. The number of nitrogens with one attached hydrogen (secondary N) is 1. The molecule has 1 heterocycles. The van der Waals surface area contributed by atoms with Gasteiger partial charge < -0.3 is 15.0 Å². The molecule has 1 aliphatic carbocycles. The van der Waals surface area contributed by atoms with Gasteiger partial charge in [-0.3, -0.25) is 4.79 Å². The molecule has 1 fully saturated rings. The molecule has 0 bridgehead atoms. The van der Waals surface area contributed by atoms with Gasteiger partial charge in [0.05, 0.1) is 23.5 Å². The zero-order chi connectivity index (χ0) is 13.4. The molecule has 0 aliphatic heterocycles. The minimum absolute atomic E-state index is 0.0277. The molecule has 1 aromatic heterocycles. The third-order valence-corrected chi connectivity index (χ3v) is 3.74. The number of imidazole rings is 1. The molecule has 1 unspecified atom stereocenters. The second-order valence-corrected chi connectivity index (χ2v) is 5.15. The van der Waals surface area contributed by atoms with Gasteiger partial charge in [0, 0.05) is 6.04 Å². The SMILES string of the molecule is CC(C(=O)NC1CC(O)C1)n1cnc2ccccc21. The molecule has 1 saturated carbocycles. The van der Waals surface area contributed by atoms with Crippen LogP contribution < -0.4 is 5.32 Å². The first kappa shape index (κ1) is 12.2. The highest BCUT2D eigenvalue weighted by molar-refractivity contribution is 5.83. The van der Waals surface area contributed by atoms with Crippen LogP contribution >= 0.6 is 0 Å². The molecule has 5 heteroatoms. The van der Waals surface area contributed by atoms with E-state index in [0.29, 0.717) is 12.8 Å². The Morgan fingerprint density at radius 3 is 2.95 bits per heavy atom. The molecule has 0 radical (unpaired) electrons. The van der Waals surface area contributed by atoms with Gasteiger partial charge in [0.15, 0.2) is 0 Å². The number of rotatable bonds is 3. The van der Waals surface area contributed by atoms with Gasteiger partial charge in [0.1, 0.15) is 6.04 Å². The third-order valence-electron chi connectivity index (χ3n) is 3.74. The molecule has 3 rings (SSSR count). The van der Waals surface area contributed by atoms with Crippen LogP contribution in [0.1, 0.15) is 25.8 Å². The summed E-state index contributed by atoms with van der Waals surface area (Å²) in [6, 6.07) is 7.57. The maximum Gasteiger partial charge on any atom is 0.243 e. The van der Waals surface area contributed by atoms with Gasteiger partial charge >= 0.3 is 0 Å². The predicted molar refractivity (Wildman–Crippen MR) is 71.6 cm³/mol. The van der Waals surface area contributed by atoms with Crippen molar-refractivity contribution >= 4 is 16.9 Å². The van der Waals surface area contributed by atoms with Crippen molar-refractivity contribution in [1.82, 2.24) is 14.9 Å². The second kappa shape index (κ2) is 4.66. The van der Waals surface area contributed by atoms with Crippen molar-refractivity contribution in [2.24, 2.45) is 0 Å². The summed E-state index contributed by atoms with van der Waals surface area (Å²) in [6.07, 6.45) is 2.76. The van der Waals surface area contributed by atoms with Crippen LogP contribution in [0.25, 0.3) is 11.0 Å². The molecule has 100 valence electrons. The van der Waals surface area contributed by atoms with Crippen molar-refractivity contribution in [3.8, 4) is 0 Å². The van der Waals surface area contributed by atoms with Gasteiger partial charge in [-0.2, -0.15) is 0 Å². The Labute approximate surface area is 111 Å². The van der Waals surface area contributed by atoms with E-state index in [1.165, 1.54) is 0 Å². The molecule has 2 aromatic rings. The van der Waals surface area contributed by atoms with Crippen molar-refractivity contribution in [2.45, 2.75) is 38.0 Å². The van der Waals surface area contributed by atoms with E-state index in [9.17, 15) is 9.90 Å². The second-order valence-electron chi connectivity index (χ2n) is 5.15. The van der Waals surface area contributed by atoms with Crippen LogP contribution in [-0.4, -0.2) is 32.7 Å². The monoisotopic (exact) mass is 259 g/mol. The lowest BCUT2D eigenvalue weighted by atomic mass is 9.89. The van der Waals surface area contributed by atoms with Crippen LogP contribution in [0.15, 0.2) is 30.6 Å². The van der Waals surface area contributed by atoms with E-state index in [4.69, 9.17) is 0 Å². The van der Waals surface area contributed by atoms with Crippen LogP contribution in [0, 0.1) is 0 Å². The van der Waals surface area contributed by atoms with Crippen LogP contribution in [-0.2, 0) is 4.79 Å². The number of fused-ring (bicyclic) bond motifs is 1. The Hall–Kier alpha value is -1.88. The standard InChI is InChI=1S/C14H17N3O2/c1-9(14(19)16-10-6-11(18)7-10)17-8-15-12-4-2-3-5-13(12)17/h2-5,8-11,18H,6-7H2,1H3,(H,16,19). The van der Waals surface area contributed by atoms with Gasteiger partial charge in [0.2, 0.25) is 5.91 Å². The molecule has 1 atom stereocenters. The molecular formula is C14H17N3O2. The Bertz CT molecular complexity index is 602. The van der Waals surface area contributed by atoms with Crippen molar-refractivity contribution in [2.75, 3.05) is 0 Å². The predicted octanol–water partition coefficient (Wildman–Crippen LogP) is 1.24. The number of hydrogen-bond acceptors (Lipinski definition) is 3. The molecule has 5 nitrogen and oxygen atoms in total. The van der Waals surface area contributed by atoms with Gasteiger partial charge in [-0.05, 0) is 31.9 Å². The summed E-state index contributed by atoms with van der Waals surface area (Å²) in [6.45, 7) is 1.86. The normalized spacial score (nSPS) is 23.9. The van der Waals surface area contributed by atoms with E-state index in [1.807, 2.05) is 35.8 Å². The van der Waals surface area contributed by atoms with Gasteiger partial charge in [-0.25, -0.2) is 4.98 Å². The van der Waals surface area contributed by atoms with E-state index in [2.05, 4.69) is 10.3 Å². The van der Waals surface area contributed by atoms with E-state index < -0.39 is 0 Å². The summed E-state index contributed by atoms with van der Waals surface area (Å²) < 4.78 is 1.87. The maximum atomic E-state index is 12.2. The highest BCUT2D eigenvalue weighted by Gasteiger charge is 2.30. The van der Waals surface area contributed by atoms with E-state index in [-0.39, 0.29) is 24.1 Å². The van der Waals surface area contributed by atoms with Gasteiger partial charge in [0.25, 0.3) is 0 Å². The average Bonchev–Trinajstić information content (AvgIpc) is 2.79. The maximum absolute atomic E-state index is 12.2. The van der Waals surface area contributed by atoms with Crippen molar-refractivity contribution < 1.29 is 9.90 Å². The first-order chi connectivity index (χ1) is 9.15. The third kappa shape index (κ3) is 2.21. The summed E-state index contributed by atoms with van der Waals surface area (Å²) in [5.41, 5.74) is 1.85. The van der Waals surface area contributed by atoms with Crippen molar-refractivity contribution in [1.29, 1.82) is 0 Å². The number of carbonyl (C=O) groups is 1. The fraction of sp³-hybridized carbons (Fsp3) is 0.429. The molecule has 0 spiro atoms. The average molecular weight is 259 g/mol. The highest BCUT2D eigenvalue weighted by Crippen LogP contribution is 2.21. The Morgan fingerprint density at radius 2 is 2.21 bits per heavy atom. The van der Waals surface area contributed by atoms with Crippen LogP contribution in [0.5, 0.6) is 0 Å². The largest absolute Gasteiger partial charge is 0.393 e. The summed E-state index contributed by atoms with van der Waals surface area (Å²) >= 11 is 0. The molecule has 2 N–H and O–H groups in total. The lowest BCUT2D eigenvalue weighted by molar-refractivity contribution is -0.125. The Balaban J connectivity index is 1.75. The number of aromatic nitrogens is 2. The zero-order valence-electron chi connectivity index (χ0n) is 10.8. The van der Waals surface area contributed by atoms with Gasteiger partial charge in [-0.1, -0.05) is 12.1 Å². The number of amides is 1. The lowest BCUT2D eigenvalue weighted by Crippen LogP contribution is -2.48. The quantitative estimate of drug-likeness (QED) is 0.871. The van der Waals surface area contributed by atoms with Gasteiger partial charge in [-0.15, -0.1) is 0 Å². The highest BCUT2D eigenvalue weighted by atomic mass is 16.3. The molecule has 0 saturated heterocycles. The van der Waals surface area contributed by atoms with Crippen molar-refractivity contribution in [3.05, 3.63) is 30.6 Å². The summed E-state index contributed by atoms with van der Waals surface area (Å²) in [5, 5.41) is 12.2. The molecular weight excluding hydrogens is 242 g/mol. The van der Waals surface area contributed by atoms with Crippen molar-refractivity contribution in [3.63, 3.8) is 0 Å². The fourth-order valence-corrected chi connectivity index (χ4v) is 2.44. The molecule has 1 amide bonds. The number of benzene rings is 1. The number of aliphatic hydroxyl groups excluding tert-OH is 1. The van der Waals surface area contributed by atoms with Crippen LogP contribution in [0.2, 0.25) is 0 Å². The summed E-state index contributed by atoms with van der Waals surface area (Å²) in [7, 11) is 0. The first-order valence-electron chi connectivity index (χ1n) is 6.55. The van der Waals surface area contributed by atoms with E-state index >= 15 is 0 Å². The number of carbonyl (C=O) groups excluding carboxylic acids is 1. The minimum Gasteiger partial charge on any atom is -0.393 e. The summed E-state index contributed by atoms with van der Waals surface area (Å²) in [5.74, 6) is -0.0277. The number of para-hydroxylation sites is 2. The van der Waals surface area contributed by atoms with Crippen LogP contribution in [0.3, 0.4) is 0 Å².